The van der Waals surface area contributed by atoms with Crippen molar-refractivity contribution in [3.05, 3.63) is 24.3 Å². The summed E-state index contributed by atoms with van der Waals surface area (Å²) in [7, 11) is 0. The predicted octanol–water partition coefficient (Wildman–Crippen LogP) is 2.21. The smallest absolute Gasteiger partial charge is 0.128 e. The van der Waals surface area contributed by atoms with E-state index in [4.69, 9.17) is 0 Å². The molecule has 2 rings (SSSR count). The highest BCUT2D eigenvalue weighted by Gasteiger charge is 2.15. The largest absolute Gasteiger partial charge is 0.241 e. The molecule has 1 saturated carbocycles. The summed E-state index contributed by atoms with van der Waals surface area (Å²) in [5, 5.41) is 0. The standard InChI is InChI=1S/C10H14N2/c1-2-5-9(4-1)8-10-11-6-3-7-12-10/h3,6-7,9H,1-2,4-5,8H2. The molecule has 0 bridgehead atoms. The summed E-state index contributed by atoms with van der Waals surface area (Å²) < 4.78 is 0. The monoisotopic (exact) mass is 162 g/mol. The van der Waals surface area contributed by atoms with E-state index in [1.165, 1.54) is 25.7 Å². The van der Waals surface area contributed by atoms with Crippen LogP contribution in [0.25, 0.3) is 0 Å². The van der Waals surface area contributed by atoms with E-state index in [9.17, 15) is 0 Å². The Labute approximate surface area is 73.1 Å². The number of rotatable bonds is 2. The maximum atomic E-state index is 4.23. The van der Waals surface area contributed by atoms with Gasteiger partial charge in [-0.25, -0.2) is 9.97 Å². The van der Waals surface area contributed by atoms with Gasteiger partial charge in [0.05, 0.1) is 0 Å². The molecule has 1 aromatic rings. The zero-order valence-corrected chi connectivity index (χ0v) is 7.24. The minimum atomic E-state index is 0.854. The highest BCUT2D eigenvalue weighted by atomic mass is 14.8. The fourth-order valence-electron chi connectivity index (χ4n) is 1.91. The van der Waals surface area contributed by atoms with Crippen molar-refractivity contribution in [3.63, 3.8) is 0 Å². The summed E-state index contributed by atoms with van der Waals surface area (Å²) in [4.78, 5) is 8.46. The topological polar surface area (TPSA) is 25.8 Å². The number of nitrogens with zero attached hydrogens (tertiary/aromatic N) is 2. The third-order valence-corrected chi connectivity index (χ3v) is 2.57. The van der Waals surface area contributed by atoms with Crippen molar-refractivity contribution in [1.29, 1.82) is 0 Å². The fourth-order valence-corrected chi connectivity index (χ4v) is 1.91. The average Bonchev–Trinajstić information content (AvgIpc) is 2.59. The molecule has 0 N–H and O–H groups in total. The molecule has 0 saturated heterocycles. The quantitative estimate of drug-likeness (QED) is 0.666. The van der Waals surface area contributed by atoms with Crippen LogP contribution in [0.4, 0.5) is 0 Å². The molecule has 2 nitrogen and oxygen atoms in total. The first-order valence-corrected chi connectivity index (χ1v) is 4.71. The first-order chi connectivity index (χ1) is 5.95. The van der Waals surface area contributed by atoms with Crippen LogP contribution in [0.3, 0.4) is 0 Å². The molecule has 1 fully saturated rings. The molecule has 12 heavy (non-hydrogen) atoms. The van der Waals surface area contributed by atoms with E-state index in [0.29, 0.717) is 0 Å². The van der Waals surface area contributed by atoms with Gasteiger partial charge in [0, 0.05) is 18.8 Å². The maximum Gasteiger partial charge on any atom is 0.128 e. The van der Waals surface area contributed by atoms with E-state index >= 15 is 0 Å². The summed E-state index contributed by atoms with van der Waals surface area (Å²) in [5.74, 6) is 1.87. The zero-order valence-electron chi connectivity index (χ0n) is 7.24. The van der Waals surface area contributed by atoms with Gasteiger partial charge in [0.2, 0.25) is 0 Å². The summed E-state index contributed by atoms with van der Waals surface area (Å²) in [5.41, 5.74) is 0. The minimum Gasteiger partial charge on any atom is -0.241 e. The Morgan fingerprint density at radius 3 is 2.50 bits per heavy atom. The molecule has 0 atom stereocenters. The molecule has 0 amide bonds. The van der Waals surface area contributed by atoms with E-state index in [-0.39, 0.29) is 0 Å². The van der Waals surface area contributed by atoms with E-state index in [0.717, 1.165) is 18.2 Å². The molecule has 1 aliphatic carbocycles. The Morgan fingerprint density at radius 1 is 1.17 bits per heavy atom. The lowest BCUT2D eigenvalue weighted by atomic mass is 10.0. The molecule has 1 aliphatic rings. The Bertz CT molecular complexity index is 227. The van der Waals surface area contributed by atoms with Gasteiger partial charge < -0.3 is 0 Å². The van der Waals surface area contributed by atoms with Crippen LogP contribution in [0.15, 0.2) is 18.5 Å². The zero-order chi connectivity index (χ0) is 8.23. The fraction of sp³-hybridized carbons (Fsp3) is 0.600. The van der Waals surface area contributed by atoms with Crippen molar-refractivity contribution in [1.82, 2.24) is 9.97 Å². The van der Waals surface area contributed by atoms with E-state index in [1.807, 2.05) is 18.5 Å². The summed E-state index contributed by atoms with van der Waals surface area (Å²) in [6, 6.07) is 1.87. The Hall–Kier alpha value is -0.920. The molecule has 64 valence electrons. The minimum absolute atomic E-state index is 0.854. The van der Waals surface area contributed by atoms with Gasteiger partial charge in [0.25, 0.3) is 0 Å². The van der Waals surface area contributed by atoms with E-state index in [2.05, 4.69) is 9.97 Å². The molecule has 1 heterocycles. The van der Waals surface area contributed by atoms with Gasteiger partial charge in [0.1, 0.15) is 5.82 Å². The maximum absolute atomic E-state index is 4.23. The van der Waals surface area contributed by atoms with Gasteiger partial charge in [-0.2, -0.15) is 0 Å². The van der Waals surface area contributed by atoms with Crippen molar-refractivity contribution >= 4 is 0 Å². The van der Waals surface area contributed by atoms with Crippen LogP contribution in [0, 0.1) is 5.92 Å². The van der Waals surface area contributed by atoms with Crippen LogP contribution in [0.1, 0.15) is 31.5 Å². The number of hydrogen-bond acceptors (Lipinski definition) is 2. The normalized spacial score (nSPS) is 18.3. The molecule has 0 aliphatic heterocycles. The van der Waals surface area contributed by atoms with Crippen LogP contribution < -0.4 is 0 Å². The van der Waals surface area contributed by atoms with Gasteiger partial charge in [-0.1, -0.05) is 25.7 Å². The molecule has 0 unspecified atom stereocenters. The number of aromatic nitrogens is 2. The van der Waals surface area contributed by atoms with Crippen molar-refractivity contribution in [2.45, 2.75) is 32.1 Å². The van der Waals surface area contributed by atoms with Crippen LogP contribution in [0.2, 0.25) is 0 Å². The lowest BCUT2D eigenvalue weighted by molar-refractivity contribution is 0.530. The van der Waals surface area contributed by atoms with Crippen molar-refractivity contribution in [2.24, 2.45) is 5.92 Å². The van der Waals surface area contributed by atoms with Crippen LogP contribution >= 0.6 is 0 Å². The molecule has 0 radical (unpaired) electrons. The van der Waals surface area contributed by atoms with Crippen LogP contribution in [-0.4, -0.2) is 9.97 Å². The second kappa shape index (κ2) is 3.65. The molecular weight excluding hydrogens is 148 g/mol. The van der Waals surface area contributed by atoms with E-state index in [1.54, 1.807) is 0 Å². The molecule has 0 aromatic carbocycles. The highest BCUT2D eigenvalue weighted by molar-refractivity contribution is 4.90. The van der Waals surface area contributed by atoms with Crippen molar-refractivity contribution in [3.8, 4) is 0 Å². The van der Waals surface area contributed by atoms with Crippen LogP contribution in [0.5, 0.6) is 0 Å². The lowest BCUT2D eigenvalue weighted by Crippen LogP contribution is -2.02. The summed E-state index contributed by atoms with van der Waals surface area (Å²) in [6.07, 6.45) is 10.3. The molecule has 0 spiro atoms. The average molecular weight is 162 g/mol. The van der Waals surface area contributed by atoms with Gasteiger partial charge in [-0.3, -0.25) is 0 Å². The van der Waals surface area contributed by atoms with Gasteiger partial charge in [-0.15, -0.1) is 0 Å². The Morgan fingerprint density at radius 2 is 1.83 bits per heavy atom. The van der Waals surface area contributed by atoms with E-state index < -0.39 is 0 Å². The van der Waals surface area contributed by atoms with Gasteiger partial charge in [0.15, 0.2) is 0 Å². The summed E-state index contributed by atoms with van der Waals surface area (Å²) in [6.45, 7) is 0. The molecule has 2 heteroatoms. The third kappa shape index (κ3) is 1.81. The second-order valence-electron chi connectivity index (χ2n) is 3.52. The first-order valence-electron chi connectivity index (χ1n) is 4.71. The second-order valence-corrected chi connectivity index (χ2v) is 3.52. The van der Waals surface area contributed by atoms with Crippen LogP contribution in [-0.2, 0) is 6.42 Å². The Balaban J connectivity index is 1.94. The predicted molar refractivity (Wildman–Crippen MR) is 47.7 cm³/mol. The van der Waals surface area contributed by atoms with Gasteiger partial charge in [-0.05, 0) is 12.0 Å². The van der Waals surface area contributed by atoms with Crippen molar-refractivity contribution < 1.29 is 0 Å². The SMILES string of the molecule is c1cnc(CC2CCCC2)nc1. The summed E-state index contributed by atoms with van der Waals surface area (Å²) >= 11 is 0. The lowest BCUT2D eigenvalue weighted by Gasteiger charge is -2.05. The van der Waals surface area contributed by atoms with Gasteiger partial charge >= 0.3 is 0 Å². The third-order valence-electron chi connectivity index (χ3n) is 2.57. The first kappa shape index (κ1) is 7.71. The highest BCUT2D eigenvalue weighted by Crippen LogP contribution is 2.26. The van der Waals surface area contributed by atoms with Crippen molar-refractivity contribution in [2.75, 3.05) is 0 Å². The molecular formula is C10H14N2. The molecule has 1 aromatic heterocycles. The Kier molecular flexibility index (Phi) is 2.35. The number of hydrogen-bond donors (Lipinski definition) is 0.